The lowest BCUT2D eigenvalue weighted by Crippen LogP contribution is -2.34. The molecule has 0 fully saturated rings. The highest BCUT2D eigenvalue weighted by atomic mass is 19.1. The number of benzene rings is 1. The topological polar surface area (TPSA) is 82.1 Å². The van der Waals surface area contributed by atoms with Crippen molar-refractivity contribution < 1.29 is 14.7 Å². The summed E-state index contributed by atoms with van der Waals surface area (Å²) in [5.41, 5.74) is 6.61. The fourth-order valence-electron chi connectivity index (χ4n) is 1.92. The number of aliphatic hydroxyl groups excluding tert-OH is 1. The molecule has 0 spiro atoms. The summed E-state index contributed by atoms with van der Waals surface area (Å²) in [5.74, 6) is -0.583. The van der Waals surface area contributed by atoms with Crippen LogP contribution in [0.2, 0.25) is 0 Å². The van der Waals surface area contributed by atoms with Crippen LogP contribution in [0, 0.1) is 5.82 Å². The number of anilines is 1. The Morgan fingerprint density at radius 1 is 1.47 bits per heavy atom. The molecule has 0 heterocycles. The maximum absolute atomic E-state index is 13.3. The normalized spacial score (nSPS) is 11.9. The van der Waals surface area contributed by atoms with E-state index in [1.807, 2.05) is 18.7 Å². The second kappa shape index (κ2) is 6.94. The first-order chi connectivity index (χ1) is 9.01. The number of hydrogen-bond donors (Lipinski definition) is 3. The Labute approximate surface area is 112 Å². The number of hydrogen-bond acceptors (Lipinski definition) is 4. The van der Waals surface area contributed by atoms with E-state index < -0.39 is 5.82 Å². The van der Waals surface area contributed by atoms with Crippen molar-refractivity contribution in [3.8, 4) is 0 Å². The lowest BCUT2D eigenvalue weighted by atomic mass is 10.1. The molecule has 0 aromatic heterocycles. The first-order valence-corrected chi connectivity index (χ1v) is 6.16. The van der Waals surface area contributed by atoms with E-state index >= 15 is 0 Å². The van der Waals surface area contributed by atoms with Crippen molar-refractivity contribution in [2.24, 2.45) is 10.9 Å². The zero-order valence-corrected chi connectivity index (χ0v) is 11.2. The Bertz CT molecular complexity index is 450. The van der Waals surface area contributed by atoms with E-state index in [0.29, 0.717) is 24.2 Å². The van der Waals surface area contributed by atoms with E-state index in [1.54, 1.807) is 6.07 Å². The average Bonchev–Trinajstić information content (AvgIpc) is 2.39. The average molecular weight is 269 g/mol. The fraction of sp³-hybridized carbons (Fsp3) is 0.462. The fourth-order valence-corrected chi connectivity index (χ4v) is 1.92. The highest BCUT2D eigenvalue weighted by Crippen LogP contribution is 2.24. The number of aliphatic hydroxyl groups is 1. The van der Waals surface area contributed by atoms with Crippen molar-refractivity contribution in [3.05, 3.63) is 29.6 Å². The van der Waals surface area contributed by atoms with Gasteiger partial charge in [0.05, 0.1) is 0 Å². The zero-order chi connectivity index (χ0) is 14.4. The number of nitrogens with zero attached hydrogens (tertiary/aromatic N) is 2. The van der Waals surface area contributed by atoms with Crippen molar-refractivity contribution in [1.82, 2.24) is 0 Å². The van der Waals surface area contributed by atoms with Crippen LogP contribution in [0.3, 0.4) is 0 Å². The Hall–Kier alpha value is -1.82. The predicted molar refractivity (Wildman–Crippen MR) is 73.1 cm³/mol. The lowest BCUT2D eigenvalue weighted by Gasteiger charge is -2.30. The molecule has 0 unspecified atom stereocenters. The Balaban J connectivity index is 3.21. The van der Waals surface area contributed by atoms with Gasteiger partial charge in [0.25, 0.3) is 0 Å². The molecule has 0 saturated heterocycles. The maximum Gasteiger partial charge on any atom is 0.172 e. The largest absolute Gasteiger partial charge is 0.409 e. The molecule has 0 bridgehead atoms. The van der Waals surface area contributed by atoms with Gasteiger partial charge in [-0.1, -0.05) is 5.16 Å². The summed E-state index contributed by atoms with van der Waals surface area (Å²) < 4.78 is 13.3. The summed E-state index contributed by atoms with van der Waals surface area (Å²) in [7, 11) is 0. The second-order valence-corrected chi connectivity index (χ2v) is 4.51. The van der Waals surface area contributed by atoms with Crippen LogP contribution in [0.25, 0.3) is 0 Å². The molecule has 0 aliphatic carbocycles. The van der Waals surface area contributed by atoms with E-state index in [0.717, 1.165) is 0 Å². The van der Waals surface area contributed by atoms with Crippen LogP contribution in [0.5, 0.6) is 0 Å². The van der Waals surface area contributed by atoms with Crippen molar-refractivity contribution in [1.29, 1.82) is 0 Å². The van der Waals surface area contributed by atoms with Gasteiger partial charge in [-0.2, -0.15) is 0 Å². The second-order valence-electron chi connectivity index (χ2n) is 4.51. The van der Waals surface area contributed by atoms with Crippen molar-refractivity contribution >= 4 is 11.5 Å². The minimum Gasteiger partial charge on any atom is -0.409 e. The number of rotatable bonds is 6. The van der Waals surface area contributed by atoms with Crippen LogP contribution in [0.4, 0.5) is 10.1 Å². The summed E-state index contributed by atoms with van der Waals surface area (Å²) in [6.07, 6.45) is 0.588. The monoisotopic (exact) mass is 269 g/mol. The lowest BCUT2D eigenvalue weighted by molar-refractivity contribution is 0.288. The first-order valence-electron chi connectivity index (χ1n) is 6.16. The smallest absolute Gasteiger partial charge is 0.172 e. The minimum atomic E-state index is -0.448. The third-order valence-electron chi connectivity index (χ3n) is 2.83. The van der Waals surface area contributed by atoms with E-state index in [4.69, 9.17) is 16.0 Å². The van der Waals surface area contributed by atoms with Crippen LogP contribution >= 0.6 is 0 Å². The van der Waals surface area contributed by atoms with Gasteiger partial charge in [0, 0.05) is 30.4 Å². The van der Waals surface area contributed by atoms with Crippen molar-refractivity contribution in [2.45, 2.75) is 26.3 Å². The van der Waals surface area contributed by atoms with E-state index in [2.05, 4.69) is 5.16 Å². The summed E-state index contributed by atoms with van der Waals surface area (Å²) in [5, 5.41) is 20.7. The van der Waals surface area contributed by atoms with Crippen molar-refractivity contribution in [2.75, 3.05) is 18.1 Å². The number of nitrogens with two attached hydrogens (primary N) is 1. The van der Waals surface area contributed by atoms with Gasteiger partial charge in [0.1, 0.15) is 5.82 Å². The summed E-state index contributed by atoms with van der Waals surface area (Å²) in [4.78, 5) is 1.98. The third-order valence-corrected chi connectivity index (χ3v) is 2.83. The van der Waals surface area contributed by atoms with Crippen LogP contribution in [0.1, 0.15) is 25.8 Å². The molecule has 1 aromatic rings. The summed E-state index contributed by atoms with van der Waals surface area (Å²) >= 11 is 0. The molecular formula is C13H20FN3O2. The van der Waals surface area contributed by atoms with Gasteiger partial charge in [0.2, 0.25) is 0 Å². The number of amidine groups is 1. The van der Waals surface area contributed by atoms with Gasteiger partial charge in [-0.15, -0.1) is 0 Å². The van der Waals surface area contributed by atoms with Gasteiger partial charge >= 0.3 is 0 Å². The maximum atomic E-state index is 13.3. The van der Waals surface area contributed by atoms with Crippen LogP contribution in [-0.2, 0) is 0 Å². The van der Waals surface area contributed by atoms with E-state index in [-0.39, 0.29) is 18.5 Å². The number of halogens is 1. The van der Waals surface area contributed by atoms with Crippen molar-refractivity contribution in [3.63, 3.8) is 0 Å². The van der Waals surface area contributed by atoms with E-state index in [9.17, 15) is 4.39 Å². The molecule has 0 saturated carbocycles. The molecule has 5 nitrogen and oxygen atoms in total. The number of oxime groups is 1. The molecule has 1 rings (SSSR count). The molecule has 19 heavy (non-hydrogen) atoms. The van der Waals surface area contributed by atoms with Gasteiger partial charge in [-0.3, -0.25) is 0 Å². The quantitative estimate of drug-likeness (QED) is 0.316. The Kier molecular flexibility index (Phi) is 5.57. The Morgan fingerprint density at radius 2 is 2.16 bits per heavy atom. The van der Waals surface area contributed by atoms with Gasteiger partial charge in [0.15, 0.2) is 5.84 Å². The first kappa shape index (κ1) is 15.2. The molecular weight excluding hydrogens is 249 g/mol. The molecule has 106 valence electrons. The molecule has 4 N–H and O–H groups in total. The molecule has 0 aliphatic heterocycles. The highest BCUT2D eigenvalue weighted by molar-refractivity contribution is 6.02. The molecule has 0 atom stereocenters. The molecule has 0 amide bonds. The predicted octanol–water partition coefficient (Wildman–Crippen LogP) is 1.52. The van der Waals surface area contributed by atoms with Crippen LogP contribution < -0.4 is 10.6 Å². The minimum absolute atomic E-state index is 0.0727. The molecule has 0 radical (unpaired) electrons. The van der Waals surface area contributed by atoms with Gasteiger partial charge < -0.3 is 20.9 Å². The standard InChI is InChI=1S/C13H20FN3O2/c1-9(2)17(6-3-7-18)12-5-4-10(14)8-11(12)13(15)16-19/h4-5,8-9,18-19H,3,6-7H2,1-2H3,(H2,15,16). The Morgan fingerprint density at radius 3 is 2.68 bits per heavy atom. The molecule has 6 heteroatoms. The third kappa shape index (κ3) is 3.82. The summed E-state index contributed by atoms with van der Waals surface area (Å²) in [6, 6.07) is 4.30. The SMILES string of the molecule is CC(C)N(CCCO)c1ccc(F)cc1C(N)=NO. The zero-order valence-electron chi connectivity index (χ0n) is 11.2. The van der Waals surface area contributed by atoms with Crippen LogP contribution in [0.15, 0.2) is 23.4 Å². The van der Waals surface area contributed by atoms with E-state index in [1.165, 1.54) is 12.1 Å². The summed E-state index contributed by atoms with van der Waals surface area (Å²) in [6.45, 7) is 4.64. The van der Waals surface area contributed by atoms with Crippen LogP contribution in [-0.4, -0.2) is 35.3 Å². The van der Waals surface area contributed by atoms with Gasteiger partial charge in [-0.25, -0.2) is 4.39 Å². The molecule has 0 aliphatic rings. The molecule has 1 aromatic carbocycles. The highest BCUT2D eigenvalue weighted by Gasteiger charge is 2.17. The van der Waals surface area contributed by atoms with Gasteiger partial charge in [-0.05, 0) is 38.5 Å².